The van der Waals surface area contributed by atoms with Gasteiger partial charge in [-0.1, -0.05) is 13.8 Å². The van der Waals surface area contributed by atoms with Crippen molar-refractivity contribution in [3.05, 3.63) is 0 Å². The van der Waals surface area contributed by atoms with Crippen LogP contribution in [-0.2, 0) is 37.3 Å². The fourth-order valence-corrected chi connectivity index (χ4v) is 4.69. The first-order chi connectivity index (χ1) is 6.69. The van der Waals surface area contributed by atoms with E-state index in [0.29, 0.717) is 12.8 Å². The van der Waals surface area contributed by atoms with Crippen LogP contribution in [0, 0.1) is 16.7 Å². The van der Waals surface area contributed by atoms with Crippen LogP contribution in [0.4, 0.5) is 0 Å². The molecule has 2 fully saturated rings. The van der Waals surface area contributed by atoms with E-state index in [1.54, 1.807) is 0 Å². The summed E-state index contributed by atoms with van der Waals surface area (Å²) in [5.41, 5.74) is -1.22. The Hall–Kier alpha value is 0.320. The van der Waals surface area contributed by atoms with Crippen molar-refractivity contribution in [3.63, 3.8) is 0 Å². The molecule has 0 N–H and O–H groups in total. The molecule has 96 valence electrons. The van der Waals surface area contributed by atoms with Gasteiger partial charge in [0.1, 0.15) is 5.78 Å². The molecule has 0 radical (unpaired) electrons. The van der Waals surface area contributed by atoms with Gasteiger partial charge in [0.25, 0.3) is 0 Å². The van der Waals surface area contributed by atoms with Gasteiger partial charge in [-0.25, -0.2) is 8.42 Å². The molecule has 16 heavy (non-hydrogen) atoms. The van der Waals surface area contributed by atoms with Crippen LogP contribution in [0.25, 0.3) is 0 Å². The van der Waals surface area contributed by atoms with E-state index in [4.69, 9.17) is 0 Å². The minimum absolute atomic E-state index is 0. The fourth-order valence-electron chi connectivity index (χ4n) is 3.41. The Morgan fingerprint density at radius 2 is 2.00 bits per heavy atom. The Kier molecular flexibility index (Phi) is 3.52. The first-order valence-corrected chi connectivity index (χ1v) is 6.74. The van der Waals surface area contributed by atoms with E-state index < -0.39 is 21.3 Å². The molecule has 2 aliphatic carbocycles. The number of ketones is 1. The van der Waals surface area contributed by atoms with Crippen molar-refractivity contribution in [1.29, 1.82) is 0 Å². The van der Waals surface area contributed by atoms with Crippen molar-refractivity contribution in [2.45, 2.75) is 33.1 Å². The molecule has 6 heteroatoms. The van der Waals surface area contributed by atoms with E-state index in [2.05, 4.69) is 0 Å². The van der Waals surface area contributed by atoms with E-state index in [1.807, 2.05) is 13.8 Å². The van der Waals surface area contributed by atoms with E-state index in [1.165, 1.54) is 0 Å². The van der Waals surface area contributed by atoms with Gasteiger partial charge in [0.2, 0.25) is 0 Å². The van der Waals surface area contributed by atoms with Gasteiger partial charge in [-0.05, 0) is 24.2 Å². The normalized spacial score (nSPS) is 36.2. The van der Waals surface area contributed by atoms with Gasteiger partial charge in [0.05, 0.1) is 15.9 Å². The molecule has 0 aliphatic heterocycles. The van der Waals surface area contributed by atoms with Gasteiger partial charge in [0, 0.05) is 11.8 Å². The number of Topliss-reactive ketones (excluding diaryl/α,β-unsaturated/α-hetero) is 1. The Balaban J connectivity index is 0.00000128. The van der Waals surface area contributed by atoms with Crippen LogP contribution in [0.15, 0.2) is 0 Å². The Labute approximate surface area is 111 Å². The monoisotopic (exact) mass is 338 g/mol. The number of hydrogen-bond acceptors (Lipinski definition) is 4. The number of carbonyl (C=O) groups is 1. The van der Waals surface area contributed by atoms with Crippen molar-refractivity contribution in [2.75, 3.05) is 5.75 Å². The number of fused-ring (bicyclic) bond motifs is 2. The summed E-state index contributed by atoms with van der Waals surface area (Å²) in [7, 11) is -4.33. The summed E-state index contributed by atoms with van der Waals surface area (Å²) in [4.78, 5) is 11.8. The molecule has 0 heterocycles. The summed E-state index contributed by atoms with van der Waals surface area (Å²) in [6, 6.07) is 0. The molecule has 0 aromatic carbocycles. The number of carbonyl (C=O) groups excluding carboxylic acids is 1. The van der Waals surface area contributed by atoms with Crippen LogP contribution in [-0.4, -0.2) is 24.5 Å². The molecular weight excluding hydrogens is 324 g/mol. The molecule has 2 bridgehead atoms. The number of hydrogen-bond donors (Lipinski definition) is 0. The Morgan fingerprint density at radius 3 is 2.31 bits per heavy atom. The fraction of sp³-hybridized carbons (Fsp3) is 0.900. The summed E-state index contributed by atoms with van der Waals surface area (Å²) in [5.74, 6) is -0.280. The molecule has 0 unspecified atom stereocenters. The van der Waals surface area contributed by atoms with Gasteiger partial charge in [-0.15, -0.1) is 0 Å². The van der Waals surface area contributed by atoms with Gasteiger partial charge in [-0.2, -0.15) is 0 Å². The zero-order chi connectivity index (χ0) is 11.5. The molecule has 0 spiro atoms. The van der Waals surface area contributed by atoms with Crippen LogP contribution in [0.3, 0.4) is 0 Å². The van der Waals surface area contributed by atoms with E-state index in [-0.39, 0.29) is 39.5 Å². The molecule has 4 nitrogen and oxygen atoms in total. The Bertz CT molecular complexity index is 415. The molecular formula is C10H15AgO4S. The minimum atomic E-state index is -4.33. The average Bonchev–Trinajstić information content (AvgIpc) is 2.34. The van der Waals surface area contributed by atoms with Crippen LogP contribution in [0.5, 0.6) is 0 Å². The molecule has 0 amide bonds. The maximum atomic E-state index is 11.8. The first-order valence-electron chi connectivity index (χ1n) is 5.16. The second kappa shape index (κ2) is 3.92. The summed E-state index contributed by atoms with van der Waals surface area (Å²) in [6.07, 6.45) is 1.88. The smallest absolute Gasteiger partial charge is 0.748 e. The van der Waals surface area contributed by atoms with Crippen molar-refractivity contribution in [3.8, 4) is 0 Å². The zero-order valence-electron chi connectivity index (χ0n) is 9.25. The van der Waals surface area contributed by atoms with Gasteiger partial charge in [0.15, 0.2) is 0 Å². The minimum Gasteiger partial charge on any atom is -0.748 e. The molecule has 2 aliphatic rings. The second-order valence-electron chi connectivity index (χ2n) is 5.37. The maximum absolute atomic E-state index is 11.8. The second-order valence-corrected chi connectivity index (χ2v) is 6.77. The summed E-state index contributed by atoms with van der Waals surface area (Å²) in [6.45, 7) is 3.83. The molecule has 0 aromatic rings. The third-order valence-electron chi connectivity index (χ3n) is 4.56. The van der Waals surface area contributed by atoms with Crippen molar-refractivity contribution in [2.24, 2.45) is 16.7 Å². The van der Waals surface area contributed by atoms with Crippen molar-refractivity contribution in [1.82, 2.24) is 0 Å². The van der Waals surface area contributed by atoms with E-state index in [0.717, 1.165) is 6.42 Å². The van der Waals surface area contributed by atoms with Gasteiger partial charge < -0.3 is 4.55 Å². The topological polar surface area (TPSA) is 74.3 Å². The van der Waals surface area contributed by atoms with Gasteiger partial charge >= 0.3 is 22.4 Å². The standard InChI is InChI=1S/C10H16O4S.Ag/c1-9(2)7-3-4-10(9,8(11)5-7)6-15(12,13)14;/h7H,3-6H2,1-2H3,(H,12,13,14);/q;+1/p-1/t7-,10+;/m0./s1. The largest absolute Gasteiger partial charge is 1.00 e. The van der Waals surface area contributed by atoms with Crippen molar-refractivity contribution < 1.29 is 40.1 Å². The summed E-state index contributed by atoms with van der Waals surface area (Å²) < 4.78 is 32.7. The Morgan fingerprint density at radius 1 is 1.44 bits per heavy atom. The maximum Gasteiger partial charge on any atom is 1.00 e. The van der Waals surface area contributed by atoms with Crippen LogP contribution in [0.1, 0.15) is 33.1 Å². The molecule has 2 atom stereocenters. The third-order valence-corrected chi connectivity index (χ3v) is 5.41. The van der Waals surface area contributed by atoms with Gasteiger partial charge in [-0.3, -0.25) is 4.79 Å². The van der Waals surface area contributed by atoms with E-state index >= 15 is 0 Å². The zero-order valence-corrected chi connectivity index (χ0v) is 11.5. The molecule has 2 saturated carbocycles. The summed E-state index contributed by atoms with van der Waals surface area (Å²) >= 11 is 0. The first kappa shape index (κ1) is 14.4. The van der Waals surface area contributed by atoms with Crippen molar-refractivity contribution >= 4 is 15.9 Å². The van der Waals surface area contributed by atoms with Crippen LogP contribution in [0.2, 0.25) is 0 Å². The number of rotatable bonds is 2. The van der Waals surface area contributed by atoms with E-state index in [9.17, 15) is 17.8 Å². The molecule has 2 rings (SSSR count). The summed E-state index contributed by atoms with van der Waals surface area (Å²) in [5, 5.41) is 0. The van der Waals surface area contributed by atoms with Crippen LogP contribution >= 0.6 is 0 Å². The quantitative estimate of drug-likeness (QED) is 0.554. The average molecular weight is 339 g/mol. The predicted molar refractivity (Wildman–Crippen MR) is 53.1 cm³/mol. The SMILES string of the molecule is CC1(C)[C@H]2CC[C@@]1(CS(=O)(=O)[O-])C(=O)C2.[Ag+]. The predicted octanol–water partition coefficient (Wildman–Crippen LogP) is 0.924. The third kappa shape index (κ3) is 1.82. The molecule has 0 saturated heterocycles. The van der Waals surface area contributed by atoms with Crippen LogP contribution < -0.4 is 0 Å². The molecule has 0 aromatic heterocycles.